The highest BCUT2D eigenvalue weighted by molar-refractivity contribution is 9.13. The van der Waals surface area contributed by atoms with Gasteiger partial charge < -0.3 is 10.1 Å². The molecule has 2 aromatic rings. The number of thiophene rings is 1. The number of ether oxygens (including phenoxy) is 1. The van der Waals surface area contributed by atoms with Gasteiger partial charge in [-0.05, 0) is 66.0 Å². The van der Waals surface area contributed by atoms with Gasteiger partial charge in [0, 0.05) is 16.2 Å². The summed E-state index contributed by atoms with van der Waals surface area (Å²) < 4.78 is 7.79. The number of amides is 1. The zero-order valence-corrected chi connectivity index (χ0v) is 15.2. The molecule has 19 heavy (non-hydrogen) atoms. The molecular weight excluding hydrogens is 462 g/mol. The van der Waals surface area contributed by atoms with Gasteiger partial charge in [0.2, 0.25) is 0 Å². The number of benzene rings is 1. The summed E-state index contributed by atoms with van der Waals surface area (Å²) >= 11 is 11.5. The monoisotopic (exact) mass is 467 g/mol. The minimum atomic E-state index is -0.152. The van der Waals surface area contributed by atoms with E-state index in [-0.39, 0.29) is 5.91 Å². The van der Waals surface area contributed by atoms with E-state index in [4.69, 9.17) is 4.74 Å². The van der Waals surface area contributed by atoms with Crippen LogP contribution in [0, 0.1) is 0 Å². The molecule has 1 aromatic heterocycles. The van der Waals surface area contributed by atoms with E-state index in [9.17, 15) is 4.79 Å². The fourth-order valence-corrected chi connectivity index (χ4v) is 3.73. The number of halogens is 3. The van der Waals surface area contributed by atoms with E-state index in [0.717, 1.165) is 12.7 Å². The average molecular weight is 470 g/mol. The minimum Gasteiger partial charge on any atom is -0.495 e. The first-order valence-electron chi connectivity index (χ1n) is 5.11. The van der Waals surface area contributed by atoms with Crippen LogP contribution in [0.15, 0.2) is 37.0 Å². The Morgan fingerprint density at radius 1 is 1.21 bits per heavy atom. The van der Waals surface area contributed by atoms with Crippen molar-refractivity contribution in [1.82, 2.24) is 0 Å². The Hall–Kier alpha value is -0.370. The summed E-state index contributed by atoms with van der Waals surface area (Å²) in [6.07, 6.45) is 0. The quantitative estimate of drug-likeness (QED) is 0.662. The number of rotatable bonds is 3. The molecule has 1 N–H and O–H groups in total. The Morgan fingerprint density at radius 2 is 1.95 bits per heavy atom. The summed E-state index contributed by atoms with van der Waals surface area (Å²) in [6.45, 7) is 0. The molecule has 2 rings (SSSR count). The van der Waals surface area contributed by atoms with Crippen molar-refractivity contribution in [3.8, 4) is 5.75 Å². The smallest absolute Gasteiger partial charge is 0.265 e. The van der Waals surface area contributed by atoms with E-state index in [2.05, 4.69) is 53.1 Å². The summed E-state index contributed by atoms with van der Waals surface area (Å²) in [4.78, 5) is 12.7. The summed E-state index contributed by atoms with van der Waals surface area (Å²) in [5, 5.41) is 2.83. The number of hydrogen-bond acceptors (Lipinski definition) is 3. The Balaban J connectivity index is 2.19. The third kappa shape index (κ3) is 3.59. The molecule has 0 fully saturated rings. The molecule has 0 radical (unpaired) electrons. The predicted octanol–water partition coefficient (Wildman–Crippen LogP) is 5.30. The zero-order valence-electron chi connectivity index (χ0n) is 9.67. The second kappa shape index (κ2) is 6.39. The number of nitrogens with one attached hydrogen (secondary N) is 1. The van der Waals surface area contributed by atoms with Crippen molar-refractivity contribution in [3.63, 3.8) is 0 Å². The van der Waals surface area contributed by atoms with Crippen molar-refractivity contribution in [3.05, 3.63) is 41.9 Å². The summed E-state index contributed by atoms with van der Waals surface area (Å²) in [7, 11) is 1.58. The van der Waals surface area contributed by atoms with Crippen molar-refractivity contribution < 1.29 is 9.53 Å². The third-order valence-electron chi connectivity index (χ3n) is 2.28. The molecule has 1 aromatic carbocycles. The SMILES string of the molecule is COc1cc(NC(=O)c2cc(Br)c(Br)s2)ccc1Br. The zero-order chi connectivity index (χ0) is 14.0. The van der Waals surface area contributed by atoms with Crippen LogP contribution in [0.25, 0.3) is 0 Å². The Bertz CT molecular complexity index is 608. The van der Waals surface area contributed by atoms with Crippen molar-refractivity contribution in [1.29, 1.82) is 0 Å². The normalized spacial score (nSPS) is 10.3. The van der Waals surface area contributed by atoms with E-state index in [1.807, 2.05) is 12.1 Å². The van der Waals surface area contributed by atoms with Gasteiger partial charge in [-0.1, -0.05) is 0 Å². The molecule has 100 valence electrons. The maximum absolute atomic E-state index is 12.1. The first-order valence-corrected chi connectivity index (χ1v) is 8.30. The molecule has 1 heterocycles. The van der Waals surface area contributed by atoms with Crippen LogP contribution in [0.1, 0.15) is 9.67 Å². The van der Waals surface area contributed by atoms with Crippen LogP contribution in [-0.2, 0) is 0 Å². The molecule has 7 heteroatoms. The molecule has 0 saturated carbocycles. The number of carbonyl (C=O) groups is 1. The van der Waals surface area contributed by atoms with Crippen LogP contribution in [0.5, 0.6) is 5.75 Å². The largest absolute Gasteiger partial charge is 0.495 e. The molecule has 3 nitrogen and oxygen atoms in total. The van der Waals surface area contributed by atoms with Gasteiger partial charge >= 0.3 is 0 Å². The lowest BCUT2D eigenvalue weighted by Crippen LogP contribution is -2.10. The van der Waals surface area contributed by atoms with Crippen LogP contribution in [0.2, 0.25) is 0 Å². The van der Waals surface area contributed by atoms with E-state index in [1.54, 1.807) is 19.2 Å². The van der Waals surface area contributed by atoms with Gasteiger partial charge in [0.1, 0.15) is 5.75 Å². The maximum atomic E-state index is 12.1. The number of hydrogen-bond donors (Lipinski definition) is 1. The topological polar surface area (TPSA) is 38.3 Å². The van der Waals surface area contributed by atoms with Crippen LogP contribution in [0.3, 0.4) is 0 Å². The first kappa shape index (κ1) is 15.0. The van der Waals surface area contributed by atoms with E-state index >= 15 is 0 Å². The third-order valence-corrected chi connectivity index (χ3v) is 6.19. The van der Waals surface area contributed by atoms with Crippen LogP contribution < -0.4 is 10.1 Å². The Labute approximate surface area is 139 Å². The lowest BCUT2D eigenvalue weighted by molar-refractivity contribution is 0.103. The second-order valence-electron chi connectivity index (χ2n) is 3.54. The summed E-state index contributed by atoms with van der Waals surface area (Å²) in [5.74, 6) is 0.520. The molecular formula is C12H8Br3NO2S. The highest BCUT2D eigenvalue weighted by Gasteiger charge is 2.13. The fraction of sp³-hybridized carbons (Fsp3) is 0.0833. The van der Waals surface area contributed by atoms with E-state index in [1.165, 1.54) is 11.3 Å². The lowest BCUT2D eigenvalue weighted by Gasteiger charge is -2.07. The molecule has 0 atom stereocenters. The Kier molecular flexibility index (Phi) is 5.05. The van der Waals surface area contributed by atoms with Crippen molar-refractivity contribution in [2.75, 3.05) is 12.4 Å². The van der Waals surface area contributed by atoms with E-state index < -0.39 is 0 Å². The molecule has 1 amide bonds. The highest BCUT2D eigenvalue weighted by atomic mass is 79.9. The first-order chi connectivity index (χ1) is 9.01. The summed E-state index contributed by atoms with van der Waals surface area (Å²) in [6, 6.07) is 7.18. The highest BCUT2D eigenvalue weighted by Crippen LogP contribution is 2.33. The standard InChI is InChI=1S/C12H8Br3NO2S/c1-18-9-4-6(2-3-7(9)13)16-12(17)10-5-8(14)11(15)19-10/h2-5H,1H3,(H,16,17). The molecule has 0 aliphatic carbocycles. The molecule has 0 saturated heterocycles. The number of carbonyl (C=O) groups excluding carboxylic acids is 1. The van der Waals surface area contributed by atoms with Crippen molar-refractivity contribution >= 4 is 70.7 Å². The molecule has 0 spiro atoms. The predicted molar refractivity (Wildman–Crippen MR) is 88.4 cm³/mol. The van der Waals surface area contributed by atoms with Gasteiger partial charge in [-0.25, -0.2) is 0 Å². The number of anilines is 1. The van der Waals surface area contributed by atoms with E-state index in [0.29, 0.717) is 16.3 Å². The van der Waals surface area contributed by atoms with Gasteiger partial charge in [0.05, 0.1) is 20.2 Å². The van der Waals surface area contributed by atoms with Crippen molar-refractivity contribution in [2.24, 2.45) is 0 Å². The molecule has 0 bridgehead atoms. The van der Waals surface area contributed by atoms with Gasteiger partial charge in [-0.15, -0.1) is 11.3 Å². The molecule has 0 unspecified atom stereocenters. The van der Waals surface area contributed by atoms with Gasteiger partial charge in [-0.2, -0.15) is 0 Å². The van der Waals surface area contributed by atoms with Crippen LogP contribution >= 0.6 is 59.1 Å². The number of methoxy groups -OCH3 is 1. The van der Waals surface area contributed by atoms with Crippen LogP contribution in [0.4, 0.5) is 5.69 Å². The maximum Gasteiger partial charge on any atom is 0.265 e. The second-order valence-corrected chi connectivity index (χ2v) is 7.61. The van der Waals surface area contributed by atoms with Crippen LogP contribution in [-0.4, -0.2) is 13.0 Å². The average Bonchev–Trinajstić information content (AvgIpc) is 2.72. The van der Waals surface area contributed by atoms with Gasteiger partial charge in [-0.3, -0.25) is 4.79 Å². The molecule has 0 aliphatic heterocycles. The fourth-order valence-electron chi connectivity index (χ4n) is 1.39. The molecule has 0 aliphatic rings. The Morgan fingerprint density at radius 3 is 2.53 bits per heavy atom. The van der Waals surface area contributed by atoms with Gasteiger partial charge in [0.15, 0.2) is 0 Å². The summed E-state index contributed by atoms with van der Waals surface area (Å²) in [5.41, 5.74) is 0.686. The van der Waals surface area contributed by atoms with Crippen molar-refractivity contribution in [2.45, 2.75) is 0 Å². The lowest BCUT2D eigenvalue weighted by atomic mass is 10.3. The minimum absolute atomic E-state index is 0.152. The van der Waals surface area contributed by atoms with Gasteiger partial charge in [0.25, 0.3) is 5.91 Å².